The molecule has 45 heavy (non-hydrogen) atoms. The van der Waals surface area contributed by atoms with Crippen molar-refractivity contribution in [1.29, 1.82) is 0 Å². The Morgan fingerprint density at radius 3 is 2.27 bits per heavy atom. The van der Waals surface area contributed by atoms with Crippen LogP contribution < -0.4 is 10.6 Å². The number of piperidine rings is 1. The number of rotatable bonds is 13. The van der Waals surface area contributed by atoms with Gasteiger partial charge in [-0.25, -0.2) is 0 Å². The second kappa shape index (κ2) is 15.5. The molecule has 0 spiro atoms. The average Bonchev–Trinajstić information content (AvgIpc) is 3.48. The first-order valence-electron chi connectivity index (χ1n) is 15.7. The highest BCUT2D eigenvalue weighted by Crippen LogP contribution is 2.21. The molecule has 1 fully saturated rings. The fourth-order valence-corrected chi connectivity index (χ4v) is 5.89. The number of esters is 1. The van der Waals surface area contributed by atoms with Crippen molar-refractivity contribution in [3.8, 4) is 0 Å². The summed E-state index contributed by atoms with van der Waals surface area (Å²) in [5.41, 5.74) is 3.71. The van der Waals surface area contributed by atoms with E-state index >= 15 is 0 Å². The second-order valence-electron chi connectivity index (χ2n) is 11.8. The number of carbonyl (C=O) groups excluding carboxylic acids is 3. The molecule has 2 heterocycles. The van der Waals surface area contributed by atoms with E-state index in [0.717, 1.165) is 27.6 Å². The smallest absolute Gasteiger partial charge is 0.376 e. The molecule has 1 aromatic heterocycles. The number of hydrogen-bond acceptors (Lipinski definition) is 6. The van der Waals surface area contributed by atoms with Crippen LogP contribution in [0.15, 0.2) is 91.1 Å². The van der Waals surface area contributed by atoms with Gasteiger partial charge in [-0.15, -0.1) is 0 Å². The zero-order valence-corrected chi connectivity index (χ0v) is 25.7. The van der Waals surface area contributed by atoms with Gasteiger partial charge in [-0.2, -0.15) is 0 Å². The highest BCUT2D eigenvalue weighted by molar-refractivity contribution is 6.45. The maximum Gasteiger partial charge on any atom is 0.376 e. The second-order valence-corrected chi connectivity index (χ2v) is 11.8. The number of fused-ring (bicyclic) bond motifs is 1. The van der Waals surface area contributed by atoms with Crippen molar-refractivity contribution in [1.82, 2.24) is 20.4 Å². The number of ether oxygens (including phenoxy) is 1. The topological polar surface area (TPSA) is 124 Å². The lowest BCUT2D eigenvalue weighted by atomic mass is 9.81. The van der Waals surface area contributed by atoms with Crippen LogP contribution in [-0.4, -0.2) is 65.3 Å². The summed E-state index contributed by atoms with van der Waals surface area (Å²) in [6.07, 6.45) is 3.76. The summed E-state index contributed by atoms with van der Waals surface area (Å²) < 4.78 is 5.67. The summed E-state index contributed by atoms with van der Waals surface area (Å²) in [6.45, 7) is 3.16. The minimum absolute atomic E-state index is 0.0639. The highest BCUT2D eigenvalue weighted by atomic mass is 16.5. The van der Waals surface area contributed by atoms with Crippen LogP contribution in [0.4, 0.5) is 0 Å². The van der Waals surface area contributed by atoms with Crippen LogP contribution in [0.5, 0.6) is 0 Å². The number of hydrogen-bond donors (Lipinski definition) is 4. The quantitative estimate of drug-likeness (QED) is 0.136. The third kappa shape index (κ3) is 8.83. The fraction of sp³-hybridized carbons (Fsp3) is 0.343. The van der Waals surface area contributed by atoms with Gasteiger partial charge in [-0.05, 0) is 61.9 Å². The van der Waals surface area contributed by atoms with E-state index in [-0.39, 0.29) is 37.3 Å². The van der Waals surface area contributed by atoms with Crippen LogP contribution in [0.1, 0.15) is 29.5 Å². The maximum absolute atomic E-state index is 13.8. The van der Waals surface area contributed by atoms with E-state index < -0.39 is 25.0 Å². The van der Waals surface area contributed by atoms with Gasteiger partial charge >= 0.3 is 13.0 Å². The number of H-pyrrole nitrogens is 1. The molecule has 2 unspecified atom stereocenters. The Bertz CT molecular complexity index is 1550. The number of carbonyl (C=O) groups is 3. The summed E-state index contributed by atoms with van der Waals surface area (Å²) >= 11 is 0. The number of nitrogens with one attached hydrogen (secondary N) is 3. The highest BCUT2D eigenvalue weighted by Gasteiger charge is 2.32. The van der Waals surface area contributed by atoms with Crippen LogP contribution in [0.2, 0.25) is 6.82 Å². The summed E-state index contributed by atoms with van der Waals surface area (Å²) in [6, 6.07) is 26.1. The van der Waals surface area contributed by atoms with Crippen LogP contribution in [0.3, 0.4) is 0 Å². The van der Waals surface area contributed by atoms with Gasteiger partial charge in [0, 0.05) is 36.0 Å². The molecular formula is C35H41BN4O5. The average molecular weight is 609 g/mol. The van der Waals surface area contributed by atoms with Crippen LogP contribution in [0, 0.1) is 11.8 Å². The van der Waals surface area contributed by atoms with Crippen molar-refractivity contribution in [2.24, 2.45) is 11.8 Å². The van der Waals surface area contributed by atoms with E-state index in [2.05, 4.69) is 15.6 Å². The van der Waals surface area contributed by atoms with E-state index in [1.807, 2.05) is 95.9 Å². The number of aromatic amines is 1. The van der Waals surface area contributed by atoms with Crippen molar-refractivity contribution in [2.45, 2.75) is 45.2 Å². The third-order valence-corrected chi connectivity index (χ3v) is 8.57. The SMILES string of the molecule is CB(O)N1CCC(C(=O)NC(Cc2c[nH]c3ccccc23)C(=O)NCC(Cc2ccccc2)C(=O)OCc2ccccc2)CC1. The van der Waals surface area contributed by atoms with Crippen molar-refractivity contribution >= 4 is 35.7 Å². The molecule has 10 heteroatoms. The molecule has 3 aromatic carbocycles. The molecule has 2 atom stereocenters. The van der Waals surface area contributed by atoms with Gasteiger partial charge in [-0.1, -0.05) is 78.9 Å². The Morgan fingerprint density at radius 1 is 0.933 bits per heavy atom. The zero-order chi connectivity index (χ0) is 31.6. The zero-order valence-electron chi connectivity index (χ0n) is 25.7. The lowest BCUT2D eigenvalue weighted by Crippen LogP contribution is -2.52. The monoisotopic (exact) mass is 608 g/mol. The number of benzene rings is 3. The minimum Gasteiger partial charge on any atom is -0.461 e. The molecular weight excluding hydrogens is 567 g/mol. The Kier molecular flexibility index (Phi) is 11.1. The van der Waals surface area contributed by atoms with Crippen molar-refractivity contribution in [2.75, 3.05) is 19.6 Å². The third-order valence-electron chi connectivity index (χ3n) is 8.57. The van der Waals surface area contributed by atoms with Gasteiger partial charge in [0.05, 0.1) is 5.92 Å². The Hall–Kier alpha value is -4.41. The Morgan fingerprint density at radius 2 is 1.58 bits per heavy atom. The lowest BCUT2D eigenvalue weighted by molar-refractivity contribution is -0.150. The molecule has 1 saturated heterocycles. The van der Waals surface area contributed by atoms with Crippen LogP contribution in [-0.2, 0) is 38.6 Å². The summed E-state index contributed by atoms with van der Waals surface area (Å²) in [7, 11) is -0.558. The van der Waals surface area contributed by atoms with Crippen LogP contribution >= 0.6 is 0 Å². The van der Waals surface area contributed by atoms with Crippen LogP contribution in [0.25, 0.3) is 10.9 Å². The number of nitrogens with zero attached hydrogens (tertiary/aromatic N) is 1. The molecule has 0 saturated carbocycles. The lowest BCUT2D eigenvalue weighted by Gasteiger charge is -2.32. The molecule has 1 aliphatic rings. The predicted octanol–water partition coefficient (Wildman–Crippen LogP) is 3.74. The first-order chi connectivity index (χ1) is 21.9. The van der Waals surface area contributed by atoms with Crippen molar-refractivity contribution in [3.05, 3.63) is 108 Å². The van der Waals surface area contributed by atoms with Gasteiger partial charge in [0.25, 0.3) is 0 Å². The predicted molar refractivity (Wildman–Crippen MR) is 175 cm³/mol. The summed E-state index contributed by atoms with van der Waals surface area (Å²) in [5.74, 6) is -1.80. The maximum atomic E-state index is 13.8. The van der Waals surface area contributed by atoms with Gasteiger partial charge in [0.2, 0.25) is 11.8 Å². The molecule has 2 amide bonds. The Balaban J connectivity index is 1.29. The first-order valence-corrected chi connectivity index (χ1v) is 15.7. The molecule has 0 aliphatic carbocycles. The molecule has 9 nitrogen and oxygen atoms in total. The summed E-state index contributed by atoms with van der Waals surface area (Å²) in [4.78, 5) is 45.7. The standard InChI is InChI=1S/C35H41BN4O5/c1-36(44)40-18-16-27(17-19-40)33(41)39-32(21-28-22-37-31-15-9-8-14-30(28)31)34(42)38-23-29(20-25-10-4-2-5-11-25)35(43)45-24-26-12-6-3-7-13-26/h2-15,22,27,29,32,37,44H,16-21,23-24H2,1H3,(H,38,42)(H,39,41). The molecule has 1 aliphatic heterocycles. The van der Waals surface area contributed by atoms with Gasteiger partial charge < -0.3 is 30.2 Å². The molecule has 4 aromatic rings. The normalized spacial score (nSPS) is 15.2. The molecule has 0 bridgehead atoms. The Labute approximate surface area is 264 Å². The molecule has 4 N–H and O–H groups in total. The first kappa shape index (κ1) is 32.0. The van der Waals surface area contributed by atoms with Gasteiger partial charge in [0.1, 0.15) is 12.6 Å². The summed E-state index contributed by atoms with van der Waals surface area (Å²) in [5, 5.41) is 16.9. The van der Waals surface area contributed by atoms with Gasteiger partial charge in [0.15, 0.2) is 0 Å². The van der Waals surface area contributed by atoms with E-state index in [9.17, 15) is 19.4 Å². The van der Waals surface area contributed by atoms with Crippen molar-refractivity contribution < 1.29 is 24.1 Å². The number of aromatic nitrogens is 1. The minimum atomic E-state index is -0.843. The molecule has 234 valence electrons. The number of para-hydroxylation sites is 1. The molecule has 5 rings (SSSR count). The molecule has 0 radical (unpaired) electrons. The van der Waals surface area contributed by atoms with Crippen molar-refractivity contribution in [3.63, 3.8) is 0 Å². The number of amides is 2. The van der Waals surface area contributed by atoms with E-state index in [4.69, 9.17) is 4.74 Å². The van der Waals surface area contributed by atoms with E-state index in [1.54, 1.807) is 6.82 Å². The largest absolute Gasteiger partial charge is 0.461 e. The van der Waals surface area contributed by atoms with E-state index in [1.165, 1.54) is 0 Å². The fourth-order valence-electron chi connectivity index (χ4n) is 5.89. The van der Waals surface area contributed by atoms with E-state index in [0.29, 0.717) is 32.4 Å². The van der Waals surface area contributed by atoms with Gasteiger partial charge in [-0.3, -0.25) is 14.4 Å².